The average molecular weight is 482 g/mol. The highest BCUT2D eigenvalue weighted by Crippen LogP contribution is 2.19. The number of hydrogen-bond donors (Lipinski definition) is 4. The van der Waals surface area contributed by atoms with Crippen LogP contribution >= 0.6 is 0 Å². The van der Waals surface area contributed by atoms with Crippen molar-refractivity contribution in [2.45, 2.75) is 25.4 Å². The molecule has 0 spiro atoms. The van der Waals surface area contributed by atoms with Gasteiger partial charge in [0.1, 0.15) is 6.04 Å². The van der Waals surface area contributed by atoms with Gasteiger partial charge in [0, 0.05) is 38.8 Å². The van der Waals surface area contributed by atoms with Gasteiger partial charge in [-0.2, -0.15) is 9.97 Å². The van der Waals surface area contributed by atoms with Gasteiger partial charge >= 0.3 is 5.97 Å². The fraction of sp³-hybridized carbons (Fsp3) is 0.318. The fourth-order valence-corrected chi connectivity index (χ4v) is 3.34. The molecule has 6 N–H and O–H groups in total. The number of rotatable bonds is 9. The molecular formula is C22H27N9O4. The number of carboxylic acids is 1. The third-order valence-electron chi connectivity index (χ3n) is 5.16. The van der Waals surface area contributed by atoms with E-state index in [1.807, 2.05) is 11.9 Å². The maximum absolute atomic E-state index is 12.7. The summed E-state index contributed by atoms with van der Waals surface area (Å²) in [5, 5.41) is 11.6. The summed E-state index contributed by atoms with van der Waals surface area (Å²) in [6.45, 7) is 0.396. The molecule has 0 aliphatic carbocycles. The predicted molar refractivity (Wildman–Crippen MR) is 129 cm³/mol. The Morgan fingerprint density at radius 2 is 1.74 bits per heavy atom. The van der Waals surface area contributed by atoms with Crippen LogP contribution in [-0.4, -0.2) is 74.9 Å². The molecular weight excluding hydrogens is 454 g/mol. The number of fused-ring (bicyclic) bond motifs is 1. The molecule has 3 aromatic rings. The van der Waals surface area contributed by atoms with Crippen LogP contribution in [0.1, 0.15) is 28.9 Å². The molecule has 0 saturated carbocycles. The van der Waals surface area contributed by atoms with E-state index in [4.69, 9.17) is 16.6 Å². The number of carbonyl (C=O) groups excluding carboxylic acids is 2. The van der Waals surface area contributed by atoms with Gasteiger partial charge in [-0.3, -0.25) is 14.4 Å². The third-order valence-corrected chi connectivity index (χ3v) is 5.16. The van der Waals surface area contributed by atoms with Crippen LogP contribution in [0.2, 0.25) is 0 Å². The number of nitrogens with two attached hydrogens (primary N) is 2. The van der Waals surface area contributed by atoms with Crippen molar-refractivity contribution in [1.29, 1.82) is 0 Å². The second-order valence-corrected chi connectivity index (χ2v) is 8.09. The highest BCUT2D eigenvalue weighted by Gasteiger charge is 2.23. The number of anilines is 3. The summed E-state index contributed by atoms with van der Waals surface area (Å²) < 4.78 is 0. The van der Waals surface area contributed by atoms with E-state index in [0.717, 1.165) is 5.69 Å². The first-order chi connectivity index (χ1) is 16.5. The molecule has 2 aromatic heterocycles. The summed E-state index contributed by atoms with van der Waals surface area (Å²) in [6, 6.07) is 5.81. The molecule has 1 aromatic carbocycles. The quantitative estimate of drug-likeness (QED) is 0.328. The van der Waals surface area contributed by atoms with Crippen LogP contribution in [0.15, 0.2) is 30.5 Å². The monoisotopic (exact) mass is 481 g/mol. The van der Waals surface area contributed by atoms with E-state index in [9.17, 15) is 14.4 Å². The van der Waals surface area contributed by atoms with E-state index in [0.29, 0.717) is 29.0 Å². The standard InChI is InChI=1S/C22H27N9O4/c1-30(2)21(35)15(8-9-16(32)33)27-20(34)12-4-6-14(7-5-12)31(3)11-13-10-25-19-17(26-13)18(23)28-22(24)29-19/h4-7,10,15H,8-9,11H2,1-3H3,(H,27,34)(H,32,33)(H4,23,24,25,28,29)/t15-/m1/s1. The Balaban J connectivity index is 1.69. The lowest BCUT2D eigenvalue weighted by Crippen LogP contribution is -2.46. The van der Waals surface area contributed by atoms with Gasteiger partial charge in [-0.1, -0.05) is 0 Å². The molecule has 0 aliphatic heterocycles. The van der Waals surface area contributed by atoms with Gasteiger partial charge in [0.05, 0.1) is 18.4 Å². The van der Waals surface area contributed by atoms with Crippen molar-refractivity contribution in [3.05, 3.63) is 41.7 Å². The van der Waals surface area contributed by atoms with Crippen LogP contribution in [0.5, 0.6) is 0 Å². The van der Waals surface area contributed by atoms with Crippen LogP contribution in [-0.2, 0) is 16.1 Å². The van der Waals surface area contributed by atoms with Crippen molar-refractivity contribution in [2.24, 2.45) is 0 Å². The van der Waals surface area contributed by atoms with E-state index in [1.54, 1.807) is 44.6 Å². The van der Waals surface area contributed by atoms with Crippen molar-refractivity contribution in [2.75, 3.05) is 37.5 Å². The first-order valence-corrected chi connectivity index (χ1v) is 10.6. The first-order valence-electron chi connectivity index (χ1n) is 10.6. The van der Waals surface area contributed by atoms with Gasteiger partial charge in [0.15, 0.2) is 17.0 Å². The molecule has 184 valence electrons. The minimum atomic E-state index is -1.04. The smallest absolute Gasteiger partial charge is 0.303 e. The maximum Gasteiger partial charge on any atom is 0.303 e. The summed E-state index contributed by atoms with van der Waals surface area (Å²) >= 11 is 0. The molecule has 0 fully saturated rings. The Morgan fingerprint density at radius 1 is 1.06 bits per heavy atom. The number of carbonyl (C=O) groups is 3. The number of nitrogens with one attached hydrogen (secondary N) is 1. The molecule has 13 heteroatoms. The van der Waals surface area contributed by atoms with Crippen LogP contribution in [0.25, 0.3) is 11.2 Å². The van der Waals surface area contributed by atoms with Crippen LogP contribution < -0.4 is 21.7 Å². The van der Waals surface area contributed by atoms with Gasteiger partial charge in [-0.05, 0) is 30.7 Å². The number of carboxylic acid groups (broad SMARTS) is 1. The minimum Gasteiger partial charge on any atom is -0.481 e. The largest absolute Gasteiger partial charge is 0.481 e. The van der Waals surface area contributed by atoms with Crippen LogP contribution in [0, 0.1) is 0 Å². The lowest BCUT2D eigenvalue weighted by atomic mass is 10.1. The zero-order valence-electron chi connectivity index (χ0n) is 19.6. The highest BCUT2D eigenvalue weighted by atomic mass is 16.4. The number of nitrogens with zero attached hydrogens (tertiary/aromatic N) is 6. The molecule has 13 nitrogen and oxygen atoms in total. The van der Waals surface area contributed by atoms with Crippen LogP contribution in [0.3, 0.4) is 0 Å². The number of nitrogen functional groups attached to an aromatic ring is 2. The Hall–Kier alpha value is -4.55. The van der Waals surface area contributed by atoms with E-state index in [2.05, 4.69) is 25.3 Å². The maximum atomic E-state index is 12.7. The van der Waals surface area contributed by atoms with Gasteiger partial charge in [-0.15, -0.1) is 0 Å². The predicted octanol–water partition coefficient (Wildman–Crippen LogP) is 0.272. The zero-order chi connectivity index (χ0) is 25.7. The lowest BCUT2D eigenvalue weighted by Gasteiger charge is -2.22. The van der Waals surface area contributed by atoms with E-state index in [1.165, 1.54) is 4.90 Å². The van der Waals surface area contributed by atoms with Crippen molar-refractivity contribution in [3.8, 4) is 0 Å². The molecule has 2 amide bonds. The number of aromatic nitrogens is 4. The van der Waals surface area contributed by atoms with Crippen LogP contribution in [0.4, 0.5) is 17.5 Å². The molecule has 2 heterocycles. The molecule has 0 bridgehead atoms. The molecule has 3 rings (SSSR count). The molecule has 0 aliphatic rings. The van der Waals surface area contributed by atoms with Gasteiger partial charge in [-0.25, -0.2) is 9.97 Å². The van der Waals surface area contributed by atoms with E-state index < -0.39 is 17.9 Å². The van der Waals surface area contributed by atoms with Crippen molar-refractivity contribution >= 4 is 46.4 Å². The second-order valence-electron chi connectivity index (χ2n) is 8.09. The van der Waals surface area contributed by atoms with Crippen molar-refractivity contribution in [1.82, 2.24) is 30.2 Å². The van der Waals surface area contributed by atoms with Crippen molar-refractivity contribution < 1.29 is 19.5 Å². The number of amides is 2. The second kappa shape index (κ2) is 10.6. The average Bonchev–Trinajstić information content (AvgIpc) is 2.81. The summed E-state index contributed by atoms with van der Waals surface area (Å²) in [5.74, 6) is -1.72. The summed E-state index contributed by atoms with van der Waals surface area (Å²) in [7, 11) is 4.94. The SMILES string of the molecule is CN(C)C(=O)[C@@H](CCC(=O)O)NC(=O)c1ccc(N(C)Cc2cnc3nc(N)nc(N)c3n2)cc1. The highest BCUT2D eigenvalue weighted by molar-refractivity contribution is 5.97. The summed E-state index contributed by atoms with van der Waals surface area (Å²) in [4.78, 5) is 55.8. The fourth-order valence-electron chi connectivity index (χ4n) is 3.34. The number of benzene rings is 1. The Bertz CT molecular complexity index is 1250. The minimum absolute atomic E-state index is 0.00610. The third kappa shape index (κ3) is 6.28. The Labute approximate surface area is 201 Å². The van der Waals surface area contributed by atoms with E-state index in [-0.39, 0.29) is 30.5 Å². The topological polar surface area (TPSA) is 194 Å². The lowest BCUT2D eigenvalue weighted by molar-refractivity contribution is -0.137. The van der Waals surface area contributed by atoms with Gasteiger partial charge in [0.25, 0.3) is 5.91 Å². The van der Waals surface area contributed by atoms with Gasteiger partial charge < -0.3 is 31.7 Å². The Kier molecular flexibility index (Phi) is 7.59. The summed E-state index contributed by atoms with van der Waals surface area (Å²) in [5.41, 5.74) is 13.9. The normalized spacial score (nSPS) is 11.6. The van der Waals surface area contributed by atoms with E-state index >= 15 is 0 Å². The number of aliphatic carboxylic acids is 1. The number of likely N-dealkylation sites (N-methyl/N-ethyl adjacent to an activating group) is 1. The molecule has 1 atom stereocenters. The molecule has 0 saturated heterocycles. The molecule has 0 radical (unpaired) electrons. The summed E-state index contributed by atoms with van der Waals surface area (Å²) in [6.07, 6.45) is 1.33. The Morgan fingerprint density at radius 3 is 2.37 bits per heavy atom. The molecule has 0 unspecified atom stereocenters. The van der Waals surface area contributed by atoms with Crippen molar-refractivity contribution in [3.63, 3.8) is 0 Å². The van der Waals surface area contributed by atoms with Gasteiger partial charge in [0.2, 0.25) is 11.9 Å². The first kappa shape index (κ1) is 25.1. The zero-order valence-corrected chi connectivity index (χ0v) is 19.6. The number of hydrogen-bond acceptors (Lipinski definition) is 10. The molecule has 35 heavy (non-hydrogen) atoms.